The summed E-state index contributed by atoms with van der Waals surface area (Å²) in [5.74, 6) is 0.754. The Morgan fingerprint density at radius 3 is 2.57 bits per heavy atom. The van der Waals surface area contributed by atoms with Crippen molar-refractivity contribution in [1.29, 1.82) is 0 Å². The van der Waals surface area contributed by atoms with Crippen LogP contribution in [-0.2, 0) is 17.8 Å². The molecule has 4 rings (SSSR count). The van der Waals surface area contributed by atoms with Crippen LogP contribution < -0.4 is 10.5 Å². The van der Waals surface area contributed by atoms with Gasteiger partial charge in [-0.05, 0) is 18.2 Å². The van der Waals surface area contributed by atoms with Gasteiger partial charge in [0.1, 0.15) is 6.54 Å². The molecule has 0 N–H and O–H groups in total. The van der Waals surface area contributed by atoms with Crippen molar-refractivity contribution in [3.8, 4) is 11.5 Å². The number of aromatic nitrogens is 3. The van der Waals surface area contributed by atoms with E-state index in [4.69, 9.17) is 16.0 Å². The maximum absolute atomic E-state index is 12.8. The number of carbonyl (C=O) groups is 1. The zero-order chi connectivity index (χ0) is 21.1. The van der Waals surface area contributed by atoms with Gasteiger partial charge < -0.3 is 18.8 Å². The van der Waals surface area contributed by atoms with Gasteiger partial charge in [0.2, 0.25) is 17.7 Å². The second-order valence-corrected chi connectivity index (χ2v) is 7.46. The number of hydrogen-bond acceptors (Lipinski definition) is 6. The van der Waals surface area contributed by atoms with E-state index in [1.165, 1.54) is 10.6 Å². The summed E-state index contributed by atoms with van der Waals surface area (Å²) in [6.45, 7) is 4.40. The molecule has 1 fully saturated rings. The molecule has 30 heavy (non-hydrogen) atoms. The first-order chi connectivity index (χ1) is 14.5. The Balaban J connectivity index is 1.42. The van der Waals surface area contributed by atoms with E-state index in [0.29, 0.717) is 55.0 Å². The van der Waals surface area contributed by atoms with Crippen molar-refractivity contribution in [2.24, 2.45) is 0 Å². The van der Waals surface area contributed by atoms with Crippen molar-refractivity contribution in [3.05, 3.63) is 63.9 Å². The minimum Gasteiger partial charge on any atom is -0.421 e. The summed E-state index contributed by atoms with van der Waals surface area (Å²) in [7, 11) is 0. The predicted octanol–water partition coefficient (Wildman–Crippen LogP) is 2.46. The minimum atomic E-state index is -0.253. The van der Waals surface area contributed by atoms with Crippen LogP contribution >= 0.6 is 11.6 Å². The zero-order valence-corrected chi connectivity index (χ0v) is 17.4. The fraction of sp³-hybridized carbons (Fsp3) is 0.333. The molecule has 0 saturated carbocycles. The Bertz CT molecular complexity index is 1100. The second-order valence-electron chi connectivity index (χ2n) is 7.06. The molecule has 1 amide bonds. The highest BCUT2D eigenvalue weighted by molar-refractivity contribution is 6.33. The number of rotatable bonds is 5. The molecule has 1 aromatic carbocycles. The number of hydrogen-bond donors (Lipinski definition) is 0. The molecule has 8 nitrogen and oxygen atoms in total. The fourth-order valence-corrected chi connectivity index (χ4v) is 3.70. The highest BCUT2D eigenvalue weighted by Crippen LogP contribution is 2.26. The van der Waals surface area contributed by atoms with Crippen LogP contribution in [0.4, 0.5) is 5.69 Å². The van der Waals surface area contributed by atoms with E-state index < -0.39 is 0 Å². The molecule has 0 atom stereocenters. The SMILES string of the molecule is CCc1nnc(-c2ccc(=O)n(CC(=O)N3CCN(c4ccccc4Cl)CC3)c2)o1. The van der Waals surface area contributed by atoms with Gasteiger partial charge in [-0.3, -0.25) is 9.59 Å². The van der Waals surface area contributed by atoms with Crippen molar-refractivity contribution in [3.63, 3.8) is 0 Å². The van der Waals surface area contributed by atoms with Crippen LogP contribution in [0.3, 0.4) is 0 Å². The van der Waals surface area contributed by atoms with E-state index >= 15 is 0 Å². The van der Waals surface area contributed by atoms with Gasteiger partial charge >= 0.3 is 0 Å². The van der Waals surface area contributed by atoms with Crippen molar-refractivity contribution in [1.82, 2.24) is 19.7 Å². The van der Waals surface area contributed by atoms with E-state index in [2.05, 4.69) is 15.1 Å². The number of amides is 1. The lowest BCUT2D eigenvalue weighted by atomic mass is 10.2. The van der Waals surface area contributed by atoms with E-state index in [9.17, 15) is 9.59 Å². The van der Waals surface area contributed by atoms with Gasteiger partial charge in [-0.25, -0.2) is 0 Å². The van der Waals surface area contributed by atoms with Gasteiger partial charge in [0, 0.05) is 44.9 Å². The zero-order valence-electron chi connectivity index (χ0n) is 16.6. The third-order valence-corrected chi connectivity index (χ3v) is 5.45. The molecule has 1 saturated heterocycles. The van der Waals surface area contributed by atoms with Gasteiger partial charge in [0.25, 0.3) is 5.56 Å². The molecule has 3 heterocycles. The molecule has 0 radical (unpaired) electrons. The molecular weight excluding hydrogens is 406 g/mol. The number of halogens is 1. The van der Waals surface area contributed by atoms with E-state index in [-0.39, 0.29) is 18.0 Å². The number of anilines is 1. The topological polar surface area (TPSA) is 84.5 Å². The molecule has 9 heteroatoms. The van der Waals surface area contributed by atoms with Gasteiger partial charge in [-0.1, -0.05) is 30.7 Å². The van der Waals surface area contributed by atoms with Gasteiger partial charge in [-0.2, -0.15) is 0 Å². The number of piperazine rings is 1. The summed E-state index contributed by atoms with van der Waals surface area (Å²) in [5, 5.41) is 8.64. The third-order valence-electron chi connectivity index (χ3n) is 5.13. The highest BCUT2D eigenvalue weighted by Gasteiger charge is 2.23. The highest BCUT2D eigenvalue weighted by atomic mass is 35.5. The normalized spacial score (nSPS) is 14.2. The van der Waals surface area contributed by atoms with Crippen LogP contribution in [0.25, 0.3) is 11.5 Å². The number of pyridine rings is 1. The summed E-state index contributed by atoms with van der Waals surface area (Å²) in [5.41, 5.74) is 1.33. The lowest BCUT2D eigenvalue weighted by molar-refractivity contribution is -0.132. The van der Waals surface area contributed by atoms with Crippen LogP contribution in [0.2, 0.25) is 5.02 Å². The quantitative estimate of drug-likeness (QED) is 0.622. The van der Waals surface area contributed by atoms with Gasteiger partial charge in [0.05, 0.1) is 16.3 Å². The summed E-state index contributed by atoms with van der Waals surface area (Å²) in [4.78, 5) is 29.0. The summed E-state index contributed by atoms with van der Waals surface area (Å²) >= 11 is 6.28. The molecular formula is C21H22ClN5O3. The molecule has 1 aliphatic heterocycles. The Kier molecular flexibility index (Phi) is 5.85. The maximum Gasteiger partial charge on any atom is 0.251 e. The molecule has 0 unspecified atom stereocenters. The van der Waals surface area contributed by atoms with Gasteiger partial charge in [-0.15, -0.1) is 10.2 Å². The first-order valence-electron chi connectivity index (χ1n) is 9.85. The Hall–Kier alpha value is -3.13. The Morgan fingerprint density at radius 2 is 1.87 bits per heavy atom. The van der Waals surface area contributed by atoms with Crippen LogP contribution in [0.15, 0.2) is 51.8 Å². The van der Waals surface area contributed by atoms with Crippen molar-refractivity contribution in [2.45, 2.75) is 19.9 Å². The smallest absolute Gasteiger partial charge is 0.251 e. The number of aryl methyl sites for hydroxylation is 1. The monoisotopic (exact) mass is 427 g/mol. The predicted molar refractivity (Wildman–Crippen MR) is 114 cm³/mol. The largest absolute Gasteiger partial charge is 0.421 e. The van der Waals surface area contributed by atoms with E-state index in [0.717, 1.165) is 5.69 Å². The lowest BCUT2D eigenvalue weighted by Gasteiger charge is -2.36. The molecule has 0 bridgehead atoms. The molecule has 0 aliphatic carbocycles. The second kappa shape index (κ2) is 8.71. The lowest BCUT2D eigenvalue weighted by Crippen LogP contribution is -2.50. The fourth-order valence-electron chi connectivity index (χ4n) is 3.45. The number of carbonyl (C=O) groups excluding carboxylic acids is 1. The average Bonchev–Trinajstić information content (AvgIpc) is 3.25. The van der Waals surface area contributed by atoms with Crippen molar-refractivity contribution >= 4 is 23.2 Å². The molecule has 0 spiro atoms. The number of benzene rings is 1. The summed E-state index contributed by atoms with van der Waals surface area (Å²) in [6.07, 6.45) is 2.22. The number of nitrogens with zero attached hydrogens (tertiary/aromatic N) is 5. The first kappa shape index (κ1) is 20.2. The molecule has 2 aromatic heterocycles. The van der Waals surface area contributed by atoms with Gasteiger partial charge in [0.15, 0.2) is 0 Å². The Morgan fingerprint density at radius 1 is 1.10 bits per heavy atom. The standard InChI is InChI=1S/C21H22ClN5O3/c1-2-18-23-24-21(30-18)15-7-8-19(28)27(13-15)14-20(29)26-11-9-25(10-12-26)17-6-4-3-5-16(17)22/h3-8,13H,2,9-12,14H2,1H3. The average molecular weight is 428 g/mol. The minimum absolute atomic E-state index is 0.0342. The molecule has 156 valence electrons. The van der Waals surface area contributed by atoms with Crippen LogP contribution in [-0.4, -0.2) is 51.8 Å². The Labute approximate surface area is 178 Å². The van der Waals surface area contributed by atoms with E-state index in [1.807, 2.05) is 31.2 Å². The van der Waals surface area contributed by atoms with Crippen molar-refractivity contribution in [2.75, 3.05) is 31.1 Å². The summed E-state index contributed by atoms with van der Waals surface area (Å²) in [6, 6.07) is 10.7. The maximum atomic E-state index is 12.8. The summed E-state index contributed by atoms with van der Waals surface area (Å²) < 4.78 is 6.93. The van der Waals surface area contributed by atoms with Crippen LogP contribution in [0.5, 0.6) is 0 Å². The van der Waals surface area contributed by atoms with Crippen LogP contribution in [0, 0.1) is 0 Å². The third kappa shape index (κ3) is 4.23. The molecule has 3 aromatic rings. The van der Waals surface area contributed by atoms with Crippen molar-refractivity contribution < 1.29 is 9.21 Å². The van der Waals surface area contributed by atoms with Crippen LogP contribution in [0.1, 0.15) is 12.8 Å². The first-order valence-corrected chi connectivity index (χ1v) is 10.2. The molecule has 1 aliphatic rings. The van der Waals surface area contributed by atoms with E-state index in [1.54, 1.807) is 17.2 Å². The number of para-hydroxylation sites is 1.